The maximum atomic E-state index is 12.4. The summed E-state index contributed by atoms with van der Waals surface area (Å²) in [5.74, 6) is 0.104. The van der Waals surface area contributed by atoms with Crippen LogP contribution in [0.4, 0.5) is 0 Å². The molecule has 2 N–H and O–H groups in total. The van der Waals surface area contributed by atoms with Crippen molar-refractivity contribution in [3.63, 3.8) is 0 Å². The van der Waals surface area contributed by atoms with E-state index in [0.29, 0.717) is 0 Å². The highest BCUT2D eigenvalue weighted by Crippen LogP contribution is 2.26. The number of rotatable bonds is 6. The quantitative estimate of drug-likeness (QED) is 0.833. The van der Waals surface area contributed by atoms with Gasteiger partial charge < -0.3 is 10.6 Å². The molecule has 1 aromatic carbocycles. The van der Waals surface area contributed by atoms with Gasteiger partial charge >= 0.3 is 0 Å². The van der Waals surface area contributed by atoms with Crippen LogP contribution in [0.2, 0.25) is 0 Å². The molecule has 2 aliphatic rings. The van der Waals surface area contributed by atoms with E-state index in [1.54, 1.807) is 0 Å². The molecule has 1 atom stereocenters. The Bertz CT molecular complexity index is 499. The van der Waals surface area contributed by atoms with Crippen LogP contribution in [-0.4, -0.2) is 43.0 Å². The van der Waals surface area contributed by atoms with Crippen molar-refractivity contribution in [1.82, 2.24) is 15.5 Å². The molecule has 1 fully saturated rings. The molecule has 1 unspecified atom stereocenters. The molecule has 4 nitrogen and oxygen atoms in total. The van der Waals surface area contributed by atoms with Crippen molar-refractivity contribution in [2.75, 3.05) is 26.2 Å². The first kappa shape index (κ1) is 14.5. The first-order chi connectivity index (χ1) is 10.3. The highest BCUT2D eigenvalue weighted by atomic mass is 16.1. The van der Waals surface area contributed by atoms with Gasteiger partial charge in [0.25, 0.3) is 0 Å². The molecule has 1 amide bonds. The Morgan fingerprint density at radius 3 is 2.95 bits per heavy atom. The van der Waals surface area contributed by atoms with E-state index in [1.165, 1.54) is 24.0 Å². The number of amides is 1. The lowest BCUT2D eigenvalue weighted by Gasteiger charge is -2.26. The lowest BCUT2D eigenvalue weighted by Crippen LogP contribution is -2.42. The van der Waals surface area contributed by atoms with E-state index >= 15 is 0 Å². The number of fused-ring (bicyclic) bond motifs is 1. The number of carbonyl (C=O) groups is 1. The molecule has 1 aromatic rings. The zero-order valence-electron chi connectivity index (χ0n) is 12.8. The number of hydrogen-bond acceptors (Lipinski definition) is 3. The van der Waals surface area contributed by atoms with Crippen molar-refractivity contribution in [2.24, 2.45) is 0 Å². The predicted molar refractivity (Wildman–Crippen MR) is 84.2 cm³/mol. The lowest BCUT2D eigenvalue weighted by atomic mass is 9.90. The Morgan fingerprint density at radius 1 is 1.38 bits per heavy atom. The monoisotopic (exact) mass is 287 g/mol. The molecule has 1 saturated carbocycles. The average Bonchev–Trinajstić information content (AvgIpc) is 3.35. The van der Waals surface area contributed by atoms with E-state index in [9.17, 15) is 4.79 Å². The molecule has 0 aromatic heterocycles. The highest BCUT2D eigenvalue weighted by molar-refractivity contribution is 5.84. The number of carbonyl (C=O) groups excluding carboxylic acids is 1. The summed E-state index contributed by atoms with van der Waals surface area (Å²) in [6.45, 7) is 6.60. The van der Waals surface area contributed by atoms with Crippen LogP contribution in [0, 0.1) is 0 Å². The Labute approximate surface area is 126 Å². The summed E-state index contributed by atoms with van der Waals surface area (Å²) >= 11 is 0. The summed E-state index contributed by atoms with van der Waals surface area (Å²) in [5.41, 5.74) is 2.43. The summed E-state index contributed by atoms with van der Waals surface area (Å²) < 4.78 is 0. The van der Waals surface area contributed by atoms with Crippen molar-refractivity contribution < 1.29 is 4.79 Å². The van der Waals surface area contributed by atoms with E-state index in [1.807, 2.05) is 12.1 Å². The fourth-order valence-corrected chi connectivity index (χ4v) is 3.21. The van der Waals surface area contributed by atoms with Crippen molar-refractivity contribution >= 4 is 5.91 Å². The third-order valence-corrected chi connectivity index (χ3v) is 4.58. The minimum atomic E-state index is -0.0500. The fraction of sp³-hybridized carbons (Fsp3) is 0.588. The Kier molecular flexibility index (Phi) is 4.56. The smallest absolute Gasteiger partial charge is 0.228 e. The zero-order valence-corrected chi connectivity index (χ0v) is 12.8. The second-order valence-corrected chi connectivity index (χ2v) is 6.03. The number of nitrogens with one attached hydrogen (secondary N) is 2. The van der Waals surface area contributed by atoms with E-state index in [4.69, 9.17) is 0 Å². The molecule has 0 bridgehead atoms. The third-order valence-electron chi connectivity index (χ3n) is 4.58. The van der Waals surface area contributed by atoms with Gasteiger partial charge in [-0.1, -0.05) is 31.2 Å². The van der Waals surface area contributed by atoms with Gasteiger partial charge in [0.05, 0.1) is 5.92 Å². The average molecular weight is 287 g/mol. The molecule has 0 saturated heterocycles. The van der Waals surface area contributed by atoms with Gasteiger partial charge in [-0.15, -0.1) is 0 Å². The summed E-state index contributed by atoms with van der Waals surface area (Å²) in [5, 5.41) is 6.46. The molecule has 1 heterocycles. The molecular formula is C17H25N3O. The van der Waals surface area contributed by atoms with Gasteiger partial charge in [0.15, 0.2) is 0 Å². The predicted octanol–water partition coefficient (Wildman–Crippen LogP) is 1.47. The number of benzene rings is 1. The molecular weight excluding hydrogens is 262 g/mol. The minimum absolute atomic E-state index is 0.0500. The van der Waals surface area contributed by atoms with Crippen molar-refractivity contribution in [3.8, 4) is 0 Å². The van der Waals surface area contributed by atoms with Crippen LogP contribution in [0.15, 0.2) is 24.3 Å². The standard InChI is InChI=1S/C17H25N3O/c1-2-20(14-7-8-14)10-9-19-17(21)16-12-18-11-13-5-3-4-6-15(13)16/h3-6,14,16,18H,2,7-12H2,1H3,(H,19,21). The van der Waals surface area contributed by atoms with Crippen LogP contribution < -0.4 is 10.6 Å². The van der Waals surface area contributed by atoms with E-state index in [0.717, 1.165) is 38.8 Å². The molecule has 3 rings (SSSR count). The number of hydrogen-bond donors (Lipinski definition) is 2. The van der Waals surface area contributed by atoms with E-state index in [-0.39, 0.29) is 11.8 Å². The zero-order chi connectivity index (χ0) is 14.7. The second-order valence-electron chi connectivity index (χ2n) is 6.03. The van der Waals surface area contributed by atoms with Crippen LogP contribution in [0.1, 0.15) is 36.8 Å². The summed E-state index contributed by atoms with van der Waals surface area (Å²) in [4.78, 5) is 14.9. The van der Waals surface area contributed by atoms with Gasteiger partial charge in [-0.05, 0) is 30.5 Å². The van der Waals surface area contributed by atoms with Crippen molar-refractivity contribution in [3.05, 3.63) is 35.4 Å². The van der Waals surface area contributed by atoms with Crippen LogP contribution in [0.25, 0.3) is 0 Å². The molecule has 0 spiro atoms. The minimum Gasteiger partial charge on any atom is -0.354 e. The maximum absolute atomic E-state index is 12.4. The van der Waals surface area contributed by atoms with Gasteiger partial charge in [-0.3, -0.25) is 9.69 Å². The highest BCUT2D eigenvalue weighted by Gasteiger charge is 2.28. The summed E-state index contributed by atoms with van der Waals surface area (Å²) in [6, 6.07) is 9.02. The normalized spacial score (nSPS) is 21.1. The van der Waals surface area contributed by atoms with Gasteiger partial charge in [0.1, 0.15) is 0 Å². The van der Waals surface area contributed by atoms with Gasteiger partial charge in [0.2, 0.25) is 5.91 Å². The van der Waals surface area contributed by atoms with Crippen LogP contribution >= 0.6 is 0 Å². The first-order valence-corrected chi connectivity index (χ1v) is 8.10. The topological polar surface area (TPSA) is 44.4 Å². The van der Waals surface area contributed by atoms with Crippen LogP contribution in [0.5, 0.6) is 0 Å². The van der Waals surface area contributed by atoms with E-state index in [2.05, 4.69) is 34.6 Å². The van der Waals surface area contributed by atoms with Gasteiger partial charge in [-0.25, -0.2) is 0 Å². The SMILES string of the molecule is CCN(CCNC(=O)C1CNCc2ccccc21)C1CC1. The Hall–Kier alpha value is -1.39. The van der Waals surface area contributed by atoms with Gasteiger partial charge in [-0.2, -0.15) is 0 Å². The van der Waals surface area contributed by atoms with Gasteiger partial charge in [0, 0.05) is 32.2 Å². The lowest BCUT2D eigenvalue weighted by molar-refractivity contribution is -0.122. The third kappa shape index (κ3) is 3.44. The summed E-state index contributed by atoms with van der Waals surface area (Å²) in [7, 11) is 0. The molecule has 0 radical (unpaired) electrons. The molecule has 21 heavy (non-hydrogen) atoms. The first-order valence-electron chi connectivity index (χ1n) is 8.10. The second kappa shape index (κ2) is 6.58. The Balaban J connectivity index is 1.54. The molecule has 114 valence electrons. The number of likely N-dealkylation sites (N-methyl/N-ethyl adjacent to an activating group) is 1. The molecule has 1 aliphatic carbocycles. The molecule has 1 aliphatic heterocycles. The summed E-state index contributed by atoms with van der Waals surface area (Å²) in [6.07, 6.45) is 2.64. The largest absolute Gasteiger partial charge is 0.354 e. The maximum Gasteiger partial charge on any atom is 0.228 e. The Morgan fingerprint density at radius 2 is 2.19 bits per heavy atom. The fourth-order valence-electron chi connectivity index (χ4n) is 3.21. The number of nitrogens with zero attached hydrogens (tertiary/aromatic N) is 1. The van der Waals surface area contributed by atoms with Crippen molar-refractivity contribution in [1.29, 1.82) is 0 Å². The van der Waals surface area contributed by atoms with Crippen molar-refractivity contribution in [2.45, 2.75) is 38.3 Å². The van der Waals surface area contributed by atoms with Crippen LogP contribution in [0.3, 0.4) is 0 Å². The van der Waals surface area contributed by atoms with E-state index < -0.39 is 0 Å². The molecule has 4 heteroatoms. The van der Waals surface area contributed by atoms with Crippen LogP contribution in [-0.2, 0) is 11.3 Å².